The van der Waals surface area contributed by atoms with E-state index < -0.39 is 0 Å². The first-order valence-corrected chi connectivity index (χ1v) is 9.71. The van der Waals surface area contributed by atoms with Crippen molar-refractivity contribution >= 4 is 27.9 Å². The van der Waals surface area contributed by atoms with Gasteiger partial charge in [0.15, 0.2) is 5.88 Å². The fraction of sp³-hybridized carbons (Fsp3) is 0.333. The van der Waals surface area contributed by atoms with Crippen LogP contribution in [-0.2, 0) is 6.54 Å². The van der Waals surface area contributed by atoms with E-state index in [1.165, 1.54) is 12.1 Å². The van der Waals surface area contributed by atoms with Crippen LogP contribution in [0.15, 0.2) is 52.9 Å². The van der Waals surface area contributed by atoms with Gasteiger partial charge in [-0.1, -0.05) is 17.3 Å². The van der Waals surface area contributed by atoms with Crippen molar-refractivity contribution in [2.45, 2.75) is 13.0 Å². The van der Waals surface area contributed by atoms with Crippen LogP contribution in [0, 0.1) is 5.82 Å². The summed E-state index contributed by atoms with van der Waals surface area (Å²) < 4.78 is 21.2. The number of anilines is 1. The van der Waals surface area contributed by atoms with Crippen LogP contribution in [0.25, 0.3) is 22.0 Å². The highest BCUT2D eigenvalue weighted by Crippen LogP contribution is 2.27. The van der Waals surface area contributed by atoms with Crippen LogP contribution >= 0.6 is 0 Å². The Morgan fingerprint density at radius 3 is 2.71 bits per heavy atom. The number of hydrogen-bond acceptors (Lipinski definition) is 5. The van der Waals surface area contributed by atoms with Crippen LogP contribution in [0.1, 0.15) is 6.42 Å². The summed E-state index contributed by atoms with van der Waals surface area (Å²) in [6, 6.07) is 14.7. The Balaban J connectivity index is 1.15. The fourth-order valence-electron chi connectivity index (χ4n) is 3.87. The largest absolute Gasteiger partial charge is 0.440 e. The van der Waals surface area contributed by atoms with Gasteiger partial charge >= 0.3 is 0 Å². The minimum absolute atomic E-state index is 0.265. The molecule has 2 aromatic heterocycles. The van der Waals surface area contributed by atoms with Gasteiger partial charge in [-0.3, -0.25) is 4.90 Å². The second-order valence-electron chi connectivity index (χ2n) is 7.25. The lowest BCUT2D eigenvalue weighted by atomic mass is 10.2. The van der Waals surface area contributed by atoms with Crippen LogP contribution in [0.3, 0.4) is 0 Å². The molecule has 2 aromatic carbocycles. The molecular weight excluding hydrogens is 357 g/mol. The van der Waals surface area contributed by atoms with Crippen LogP contribution in [-0.4, -0.2) is 52.6 Å². The van der Waals surface area contributed by atoms with Crippen LogP contribution in [0.4, 0.5) is 10.3 Å². The molecule has 7 heteroatoms. The van der Waals surface area contributed by atoms with E-state index in [1.807, 2.05) is 28.9 Å². The number of aryl methyl sites for hydroxylation is 1. The summed E-state index contributed by atoms with van der Waals surface area (Å²) in [4.78, 5) is 4.71. The van der Waals surface area contributed by atoms with Gasteiger partial charge in [0.2, 0.25) is 0 Å². The van der Waals surface area contributed by atoms with Gasteiger partial charge in [-0.2, -0.15) is 0 Å². The average molecular weight is 379 g/mol. The molecule has 0 atom stereocenters. The average Bonchev–Trinajstić information content (AvgIpc) is 3.32. The number of rotatable bonds is 5. The van der Waals surface area contributed by atoms with E-state index in [-0.39, 0.29) is 5.82 Å². The molecule has 1 saturated heterocycles. The van der Waals surface area contributed by atoms with Crippen molar-refractivity contribution < 1.29 is 8.81 Å². The third-order valence-corrected chi connectivity index (χ3v) is 5.42. The Kier molecular flexibility index (Phi) is 4.44. The fourth-order valence-corrected chi connectivity index (χ4v) is 3.87. The summed E-state index contributed by atoms with van der Waals surface area (Å²) >= 11 is 0. The van der Waals surface area contributed by atoms with E-state index >= 15 is 0 Å². The van der Waals surface area contributed by atoms with Crippen molar-refractivity contribution in [2.24, 2.45) is 0 Å². The first-order valence-electron chi connectivity index (χ1n) is 9.71. The minimum Gasteiger partial charge on any atom is -0.440 e. The van der Waals surface area contributed by atoms with E-state index in [4.69, 9.17) is 4.42 Å². The number of nitrogens with zero attached hydrogens (tertiary/aromatic N) is 5. The summed E-state index contributed by atoms with van der Waals surface area (Å²) in [5, 5.41) is 9.41. The molecule has 144 valence electrons. The summed E-state index contributed by atoms with van der Waals surface area (Å²) in [6.45, 7) is 5.71. The van der Waals surface area contributed by atoms with Gasteiger partial charge < -0.3 is 9.32 Å². The highest BCUT2D eigenvalue weighted by Gasteiger charge is 2.19. The van der Waals surface area contributed by atoms with Gasteiger partial charge in [0, 0.05) is 56.8 Å². The Hall–Kier alpha value is -2.93. The summed E-state index contributed by atoms with van der Waals surface area (Å²) in [6.07, 6.45) is 1.04. The normalized spacial score (nSPS) is 15.7. The zero-order valence-corrected chi connectivity index (χ0v) is 15.6. The molecule has 5 rings (SSSR count). The molecule has 0 unspecified atom stereocenters. The minimum atomic E-state index is -0.265. The molecule has 4 aromatic rings. The summed E-state index contributed by atoms with van der Waals surface area (Å²) in [5.41, 5.74) is 2.65. The molecule has 0 aliphatic carbocycles. The number of halogens is 1. The summed E-state index contributed by atoms with van der Waals surface area (Å²) in [5.74, 6) is 0.563. The zero-order chi connectivity index (χ0) is 18.9. The molecule has 6 nitrogen and oxygen atoms in total. The Bertz CT molecular complexity index is 1100. The van der Waals surface area contributed by atoms with Gasteiger partial charge in [-0.15, -0.1) is 5.10 Å². The van der Waals surface area contributed by atoms with Gasteiger partial charge in [0.25, 0.3) is 0 Å². The lowest BCUT2D eigenvalue weighted by Crippen LogP contribution is -2.46. The van der Waals surface area contributed by atoms with Crippen LogP contribution in [0.5, 0.6) is 0 Å². The van der Waals surface area contributed by atoms with Crippen LogP contribution < -0.4 is 4.90 Å². The van der Waals surface area contributed by atoms with E-state index in [1.54, 1.807) is 6.07 Å². The van der Waals surface area contributed by atoms with Crippen molar-refractivity contribution in [3.05, 3.63) is 54.3 Å². The lowest BCUT2D eigenvalue weighted by Gasteiger charge is -2.34. The maximum atomic E-state index is 13.4. The maximum Gasteiger partial charge on any atom is 0.196 e. The number of piperazine rings is 1. The number of aromatic nitrogens is 3. The Morgan fingerprint density at radius 1 is 0.964 bits per heavy atom. The van der Waals surface area contributed by atoms with E-state index in [0.717, 1.165) is 68.0 Å². The quantitative estimate of drug-likeness (QED) is 0.531. The maximum absolute atomic E-state index is 13.4. The first kappa shape index (κ1) is 17.2. The van der Waals surface area contributed by atoms with Crippen molar-refractivity contribution in [3.8, 4) is 0 Å². The molecule has 1 aliphatic rings. The van der Waals surface area contributed by atoms with Crippen molar-refractivity contribution in [3.63, 3.8) is 0 Å². The lowest BCUT2D eigenvalue weighted by molar-refractivity contribution is 0.246. The number of para-hydroxylation sites is 1. The zero-order valence-electron chi connectivity index (χ0n) is 15.6. The van der Waals surface area contributed by atoms with Gasteiger partial charge in [0.05, 0.1) is 5.52 Å². The van der Waals surface area contributed by atoms with E-state index in [0.29, 0.717) is 5.58 Å². The molecule has 0 spiro atoms. The van der Waals surface area contributed by atoms with Crippen molar-refractivity contribution in [2.75, 3.05) is 37.6 Å². The number of hydrogen-bond donors (Lipinski definition) is 0. The SMILES string of the molecule is Fc1ccc2cc(N3CCN(CCCn4nnc5ccccc54)CC3)oc2c1. The molecule has 0 N–H and O–H groups in total. The molecular formula is C21H22FN5O. The number of fused-ring (bicyclic) bond motifs is 2. The number of benzene rings is 2. The van der Waals surface area contributed by atoms with Gasteiger partial charge in [-0.05, 0) is 30.7 Å². The molecule has 28 heavy (non-hydrogen) atoms. The topological polar surface area (TPSA) is 50.3 Å². The molecule has 0 bridgehead atoms. The number of furan rings is 1. The predicted octanol–water partition coefficient (Wildman–Crippen LogP) is 3.53. The first-order chi connectivity index (χ1) is 13.8. The molecule has 3 heterocycles. The smallest absolute Gasteiger partial charge is 0.196 e. The van der Waals surface area contributed by atoms with Crippen molar-refractivity contribution in [1.82, 2.24) is 19.9 Å². The third kappa shape index (κ3) is 3.33. The highest BCUT2D eigenvalue weighted by atomic mass is 19.1. The second-order valence-corrected chi connectivity index (χ2v) is 7.25. The van der Waals surface area contributed by atoms with Gasteiger partial charge in [-0.25, -0.2) is 9.07 Å². The third-order valence-electron chi connectivity index (χ3n) is 5.42. The van der Waals surface area contributed by atoms with Crippen molar-refractivity contribution in [1.29, 1.82) is 0 Å². The molecule has 0 saturated carbocycles. The standard InChI is InChI=1S/C21H22FN5O/c22-17-7-6-16-14-21(28-20(16)15-17)26-12-10-25(11-13-26)8-3-9-27-19-5-2-1-4-18(19)23-24-27/h1-2,4-7,14-15H,3,8-13H2. The van der Waals surface area contributed by atoms with E-state index in [2.05, 4.69) is 26.2 Å². The highest BCUT2D eigenvalue weighted by molar-refractivity contribution is 5.81. The Morgan fingerprint density at radius 2 is 1.82 bits per heavy atom. The Labute approximate surface area is 162 Å². The summed E-state index contributed by atoms with van der Waals surface area (Å²) in [7, 11) is 0. The van der Waals surface area contributed by atoms with Crippen LogP contribution in [0.2, 0.25) is 0 Å². The van der Waals surface area contributed by atoms with E-state index in [9.17, 15) is 4.39 Å². The monoisotopic (exact) mass is 379 g/mol. The molecule has 0 radical (unpaired) electrons. The molecule has 1 fully saturated rings. The molecule has 0 amide bonds. The molecule has 1 aliphatic heterocycles. The second kappa shape index (κ2) is 7.24. The van der Waals surface area contributed by atoms with Gasteiger partial charge in [0.1, 0.15) is 16.9 Å². The predicted molar refractivity (Wildman–Crippen MR) is 107 cm³/mol.